The molecule has 2 saturated heterocycles. The second-order valence-electron chi connectivity index (χ2n) is 8.93. The standard InChI is InChI=1S/C25H27N3O4/c1-17(20-15-32-16-20)27(13-18-7-3-2-4-8-18)22(29)14-28-23(30)25(26-24(28)31)12-11-19-9-5-6-10-21(19)25/h2-10,17,20H,11-16H2,1H3,(H,26,31)/t17?,25-/m0/s1. The van der Waals surface area contributed by atoms with E-state index in [9.17, 15) is 14.4 Å². The van der Waals surface area contributed by atoms with Gasteiger partial charge in [-0.25, -0.2) is 4.79 Å². The Balaban J connectivity index is 1.37. The molecule has 0 radical (unpaired) electrons. The van der Waals surface area contributed by atoms with Gasteiger partial charge in [0.25, 0.3) is 5.91 Å². The highest BCUT2D eigenvalue weighted by atomic mass is 16.5. The van der Waals surface area contributed by atoms with Gasteiger partial charge in [-0.05, 0) is 36.5 Å². The zero-order chi connectivity index (χ0) is 22.3. The minimum Gasteiger partial charge on any atom is -0.381 e. The molecule has 2 atom stereocenters. The van der Waals surface area contributed by atoms with Gasteiger partial charge in [0, 0.05) is 18.5 Å². The number of hydrogen-bond acceptors (Lipinski definition) is 4. The van der Waals surface area contributed by atoms with Gasteiger partial charge in [0.15, 0.2) is 0 Å². The highest BCUT2D eigenvalue weighted by Crippen LogP contribution is 2.41. The van der Waals surface area contributed by atoms with E-state index in [1.54, 1.807) is 4.90 Å². The molecule has 4 amide bonds. The Bertz CT molecular complexity index is 1050. The smallest absolute Gasteiger partial charge is 0.325 e. The average Bonchev–Trinajstić information content (AvgIpc) is 3.24. The Kier molecular flexibility index (Phi) is 5.21. The third-order valence-corrected chi connectivity index (χ3v) is 7.07. The van der Waals surface area contributed by atoms with Gasteiger partial charge in [0.2, 0.25) is 5.91 Å². The monoisotopic (exact) mass is 433 g/mol. The van der Waals surface area contributed by atoms with Crippen LogP contribution in [0.25, 0.3) is 0 Å². The van der Waals surface area contributed by atoms with Gasteiger partial charge in [0.05, 0.1) is 13.2 Å². The molecular weight excluding hydrogens is 406 g/mol. The number of ether oxygens (including phenoxy) is 1. The molecular formula is C25H27N3O4. The fourth-order valence-corrected chi connectivity index (χ4v) is 4.99. The first-order valence-electron chi connectivity index (χ1n) is 11.1. The minimum atomic E-state index is -1.05. The summed E-state index contributed by atoms with van der Waals surface area (Å²) >= 11 is 0. The molecule has 0 bridgehead atoms. The first-order valence-corrected chi connectivity index (χ1v) is 11.1. The number of rotatable bonds is 6. The number of benzene rings is 2. The maximum Gasteiger partial charge on any atom is 0.325 e. The largest absolute Gasteiger partial charge is 0.381 e. The van der Waals surface area contributed by atoms with Crippen molar-refractivity contribution < 1.29 is 19.1 Å². The number of hydrogen-bond donors (Lipinski definition) is 1. The molecule has 166 valence electrons. The van der Waals surface area contributed by atoms with Crippen molar-refractivity contribution in [1.29, 1.82) is 0 Å². The number of aryl methyl sites for hydroxylation is 1. The quantitative estimate of drug-likeness (QED) is 0.710. The maximum absolute atomic E-state index is 13.4. The predicted octanol–water partition coefficient (Wildman–Crippen LogP) is 2.44. The van der Waals surface area contributed by atoms with Crippen LogP contribution in [-0.2, 0) is 32.8 Å². The van der Waals surface area contributed by atoms with E-state index in [0.29, 0.717) is 26.2 Å². The van der Waals surface area contributed by atoms with Crippen LogP contribution in [0.2, 0.25) is 0 Å². The molecule has 5 rings (SSSR count). The Morgan fingerprint density at radius 2 is 1.88 bits per heavy atom. The van der Waals surface area contributed by atoms with E-state index in [0.717, 1.165) is 28.0 Å². The van der Waals surface area contributed by atoms with Crippen LogP contribution in [0.15, 0.2) is 54.6 Å². The number of nitrogens with one attached hydrogen (secondary N) is 1. The Labute approximate surface area is 187 Å². The van der Waals surface area contributed by atoms with Gasteiger partial charge in [-0.3, -0.25) is 14.5 Å². The molecule has 1 aliphatic carbocycles. The van der Waals surface area contributed by atoms with Gasteiger partial charge >= 0.3 is 6.03 Å². The van der Waals surface area contributed by atoms with Crippen molar-refractivity contribution >= 4 is 17.8 Å². The number of amides is 4. The van der Waals surface area contributed by atoms with E-state index in [1.807, 2.05) is 61.5 Å². The van der Waals surface area contributed by atoms with E-state index in [-0.39, 0.29) is 30.3 Å². The molecule has 2 fully saturated rings. The summed E-state index contributed by atoms with van der Waals surface area (Å²) in [6.45, 7) is 3.40. The Morgan fingerprint density at radius 1 is 1.16 bits per heavy atom. The van der Waals surface area contributed by atoms with Crippen molar-refractivity contribution in [2.75, 3.05) is 19.8 Å². The lowest BCUT2D eigenvalue weighted by atomic mass is 9.92. The highest BCUT2D eigenvalue weighted by molar-refractivity contribution is 6.09. The molecule has 32 heavy (non-hydrogen) atoms. The van der Waals surface area contributed by atoms with Crippen LogP contribution in [0, 0.1) is 5.92 Å². The molecule has 2 heterocycles. The molecule has 1 N–H and O–H groups in total. The summed E-state index contributed by atoms with van der Waals surface area (Å²) in [5.74, 6) is -0.320. The molecule has 2 aromatic rings. The summed E-state index contributed by atoms with van der Waals surface area (Å²) in [5, 5.41) is 2.90. The molecule has 7 nitrogen and oxygen atoms in total. The van der Waals surface area contributed by atoms with Crippen LogP contribution in [-0.4, -0.2) is 53.4 Å². The van der Waals surface area contributed by atoms with Gasteiger partial charge in [-0.15, -0.1) is 0 Å². The molecule has 7 heteroatoms. The zero-order valence-electron chi connectivity index (χ0n) is 18.1. The molecule has 1 unspecified atom stereocenters. The number of nitrogens with zero attached hydrogens (tertiary/aromatic N) is 2. The lowest BCUT2D eigenvalue weighted by Crippen LogP contribution is -2.52. The van der Waals surface area contributed by atoms with Crippen LogP contribution >= 0.6 is 0 Å². The Hall–Kier alpha value is -3.19. The van der Waals surface area contributed by atoms with E-state index in [2.05, 4.69) is 5.32 Å². The number of carbonyl (C=O) groups excluding carboxylic acids is 3. The van der Waals surface area contributed by atoms with E-state index >= 15 is 0 Å². The summed E-state index contributed by atoms with van der Waals surface area (Å²) in [7, 11) is 0. The number of imide groups is 1. The Morgan fingerprint density at radius 3 is 2.59 bits per heavy atom. The van der Waals surface area contributed by atoms with Crippen LogP contribution in [0.1, 0.15) is 30.0 Å². The molecule has 2 aliphatic heterocycles. The van der Waals surface area contributed by atoms with Crippen LogP contribution in [0.3, 0.4) is 0 Å². The van der Waals surface area contributed by atoms with Crippen molar-refractivity contribution in [2.45, 2.75) is 37.9 Å². The summed E-state index contributed by atoms with van der Waals surface area (Å²) in [5.41, 5.74) is 1.87. The zero-order valence-corrected chi connectivity index (χ0v) is 18.1. The van der Waals surface area contributed by atoms with E-state index in [1.165, 1.54) is 0 Å². The first-order chi connectivity index (χ1) is 15.5. The fourth-order valence-electron chi connectivity index (χ4n) is 4.99. The third kappa shape index (κ3) is 3.37. The molecule has 0 saturated carbocycles. The topological polar surface area (TPSA) is 79.0 Å². The minimum absolute atomic E-state index is 0.0570. The number of carbonyl (C=O) groups is 3. The molecule has 0 aromatic heterocycles. The SMILES string of the molecule is CC(C1COC1)N(Cc1ccccc1)C(=O)CN1C(=O)N[C@]2(CCc3ccccc32)C1=O. The fraction of sp³-hybridized carbons (Fsp3) is 0.400. The molecule has 2 aromatic carbocycles. The predicted molar refractivity (Wildman–Crippen MR) is 117 cm³/mol. The molecule has 3 aliphatic rings. The van der Waals surface area contributed by atoms with Crippen molar-refractivity contribution in [3.05, 3.63) is 71.3 Å². The molecule has 1 spiro atoms. The van der Waals surface area contributed by atoms with E-state index in [4.69, 9.17) is 4.74 Å². The first kappa shape index (κ1) is 20.7. The lowest BCUT2D eigenvalue weighted by Gasteiger charge is -2.39. The summed E-state index contributed by atoms with van der Waals surface area (Å²) in [6, 6.07) is 16.9. The summed E-state index contributed by atoms with van der Waals surface area (Å²) in [6.07, 6.45) is 1.24. The third-order valence-electron chi connectivity index (χ3n) is 7.07. The van der Waals surface area contributed by atoms with Crippen LogP contribution < -0.4 is 5.32 Å². The normalized spacial score (nSPS) is 23.1. The summed E-state index contributed by atoms with van der Waals surface area (Å²) < 4.78 is 5.33. The maximum atomic E-state index is 13.4. The second kappa shape index (κ2) is 8.06. The lowest BCUT2D eigenvalue weighted by molar-refractivity contribution is -0.145. The van der Waals surface area contributed by atoms with Crippen LogP contribution in [0.5, 0.6) is 0 Å². The van der Waals surface area contributed by atoms with Crippen LogP contribution in [0.4, 0.5) is 4.79 Å². The van der Waals surface area contributed by atoms with Gasteiger partial charge < -0.3 is 15.0 Å². The van der Waals surface area contributed by atoms with Crippen molar-refractivity contribution in [3.8, 4) is 0 Å². The van der Waals surface area contributed by atoms with Crippen molar-refractivity contribution in [2.24, 2.45) is 5.92 Å². The number of urea groups is 1. The average molecular weight is 434 g/mol. The van der Waals surface area contributed by atoms with Crippen molar-refractivity contribution in [3.63, 3.8) is 0 Å². The van der Waals surface area contributed by atoms with Crippen molar-refractivity contribution in [1.82, 2.24) is 15.1 Å². The summed E-state index contributed by atoms with van der Waals surface area (Å²) in [4.78, 5) is 42.6. The van der Waals surface area contributed by atoms with Gasteiger partial charge in [-0.2, -0.15) is 0 Å². The highest BCUT2D eigenvalue weighted by Gasteiger charge is 2.55. The number of fused-ring (bicyclic) bond motifs is 2. The van der Waals surface area contributed by atoms with Gasteiger partial charge in [0.1, 0.15) is 12.1 Å². The second-order valence-corrected chi connectivity index (χ2v) is 8.93. The van der Waals surface area contributed by atoms with E-state index < -0.39 is 11.6 Å². The van der Waals surface area contributed by atoms with Gasteiger partial charge in [-0.1, -0.05) is 54.6 Å².